The van der Waals surface area contributed by atoms with Gasteiger partial charge in [0, 0.05) is 10.9 Å². The molecule has 0 bridgehead atoms. The minimum Gasteiger partial charge on any atom is -0.493 e. The second-order valence-electron chi connectivity index (χ2n) is 8.96. The molecule has 1 amide bonds. The van der Waals surface area contributed by atoms with Crippen LogP contribution in [0.25, 0.3) is 22.2 Å². The lowest BCUT2D eigenvalue weighted by atomic mass is 9.96. The molecule has 1 N–H and O–H groups in total. The molecule has 0 radical (unpaired) electrons. The summed E-state index contributed by atoms with van der Waals surface area (Å²) < 4.78 is 11.1. The van der Waals surface area contributed by atoms with Gasteiger partial charge < -0.3 is 9.47 Å². The first-order valence-corrected chi connectivity index (χ1v) is 12.7. The largest absolute Gasteiger partial charge is 0.493 e. The zero-order chi connectivity index (χ0) is 26.2. The molecule has 0 saturated carbocycles. The van der Waals surface area contributed by atoms with Crippen molar-refractivity contribution in [3.8, 4) is 22.8 Å². The number of hydrazone groups is 1. The molecule has 0 unspecified atom stereocenters. The van der Waals surface area contributed by atoms with Crippen LogP contribution in [0.4, 0.5) is 0 Å². The Morgan fingerprint density at radius 3 is 2.54 bits per heavy atom. The number of aromatic nitrogens is 1. The van der Waals surface area contributed by atoms with Crippen molar-refractivity contribution < 1.29 is 14.3 Å². The van der Waals surface area contributed by atoms with Crippen LogP contribution in [0, 0.1) is 0 Å². The molecule has 1 atom stereocenters. The molecule has 0 aliphatic carbocycles. The van der Waals surface area contributed by atoms with E-state index >= 15 is 0 Å². The van der Waals surface area contributed by atoms with E-state index in [-0.39, 0.29) is 5.91 Å². The van der Waals surface area contributed by atoms with Gasteiger partial charge in [0.1, 0.15) is 0 Å². The standard InChI is InChI=1S/C31H33N3O3/c1-5-17-37-29-16-11-22(18-30(29)36-4)20-32-34-31(35)26-19-28(33-27-10-8-7-9-25(26)27)24-14-12-23(13-15-24)21(3)6-2/h7-16,18-21H,5-6,17H2,1-4H3,(H,34,35)/b32-20-/t21-/m1/s1. The molecule has 37 heavy (non-hydrogen) atoms. The van der Waals surface area contributed by atoms with Gasteiger partial charge in [-0.25, -0.2) is 10.4 Å². The van der Waals surface area contributed by atoms with Crippen molar-refractivity contribution >= 4 is 23.0 Å². The first kappa shape index (κ1) is 25.9. The van der Waals surface area contributed by atoms with Crippen LogP contribution >= 0.6 is 0 Å². The van der Waals surface area contributed by atoms with E-state index in [1.807, 2.05) is 48.5 Å². The Kier molecular flexibility index (Phi) is 8.52. The lowest BCUT2D eigenvalue weighted by Gasteiger charge is -2.12. The molecule has 1 aromatic heterocycles. The first-order chi connectivity index (χ1) is 18.0. The van der Waals surface area contributed by atoms with Crippen LogP contribution in [0.5, 0.6) is 11.5 Å². The average molecular weight is 496 g/mol. The number of pyridine rings is 1. The molecule has 190 valence electrons. The van der Waals surface area contributed by atoms with E-state index in [0.717, 1.165) is 40.6 Å². The topological polar surface area (TPSA) is 72.8 Å². The number of methoxy groups -OCH3 is 1. The van der Waals surface area contributed by atoms with Gasteiger partial charge in [0.25, 0.3) is 5.91 Å². The van der Waals surface area contributed by atoms with Gasteiger partial charge in [-0.1, -0.05) is 63.2 Å². The zero-order valence-electron chi connectivity index (χ0n) is 21.8. The highest BCUT2D eigenvalue weighted by Crippen LogP contribution is 2.28. The van der Waals surface area contributed by atoms with Crippen molar-refractivity contribution in [2.75, 3.05) is 13.7 Å². The Morgan fingerprint density at radius 1 is 1.03 bits per heavy atom. The Labute approximate surface area is 218 Å². The molecule has 4 aromatic rings. The van der Waals surface area contributed by atoms with Gasteiger partial charge in [0.2, 0.25) is 0 Å². The summed E-state index contributed by atoms with van der Waals surface area (Å²) in [5, 5.41) is 4.97. The summed E-state index contributed by atoms with van der Waals surface area (Å²) in [7, 11) is 1.60. The van der Waals surface area contributed by atoms with Gasteiger partial charge in [0.05, 0.1) is 36.7 Å². The molecule has 0 saturated heterocycles. The van der Waals surface area contributed by atoms with E-state index < -0.39 is 0 Å². The second-order valence-corrected chi connectivity index (χ2v) is 8.96. The minimum absolute atomic E-state index is 0.304. The van der Waals surface area contributed by atoms with E-state index in [0.29, 0.717) is 29.6 Å². The number of hydrogen-bond donors (Lipinski definition) is 1. The smallest absolute Gasteiger partial charge is 0.272 e. The number of nitrogens with zero attached hydrogens (tertiary/aromatic N) is 2. The lowest BCUT2D eigenvalue weighted by molar-refractivity contribution is 0.0956. The molecule has 4 rings (SSSR count). The number of nitrogens with one attached hydrogen (secondary N) is 1. The number of ether oxygens (including phenoxy) is 2. The maximum Gasteiger partial charge on any atom is 0.272 e. The molecular weight excluding hydrogens is 462 g/mol. The van der Waals surface area contributed by atoms with Gasteiger partial charge >= 0.3 is 0 Å². The molecule has 0 aliphatic heterocycles. The SMILES string of the molecule is CCCOc1ccc(/C=N\NC(=O)c2cc(-c3ccc([C@H](C)CC)cc3)nc3ccccc23)cc1OC. The normalized spacial score (nSPS) is 12.0. The minimum atomic E-state index is -0.304. The van der Waals surface area contributed by atoms with Gasteiger partial charge in [-0.2, -0.15) is 5.10 Å². The molecule has 6 heteroatoms. The molecule has 6 nitrogen and oxygen atoms in total. The van der Waals surface area contributed by atoms with Gasteiger partial charge in [-0.3, -0.25) is 4.79 Å². The number of para-hydroxylation sites is 1. The summed E-state index contributed by atoms with van der Waals surface area (Å²) in [6, 6.07) is 23.4. The maximum absolute atomic E-state index is 13.2. The number of rotatable bonds is 10. The number of carbonyl (C=O) groups excluding carboxylic acids is 1. The van der Waals surface area contributed by atoms with Crippen molar-refractivity contribution in [2.45, 2.75) is 39.5 Å². The van der Waals surface area contributed by atoms with Gasteiger partial charge in [0.15, 0.2) is 11.5 Å². The van der Waals surface area contributed by atoms with Crippen molar-refractivity contribution in [3.63, 3.8) is 0 Å². The maximum atomic E-state index is 13.2. The first-order valence-electron chi connectivity index (χ1n) is 12.7. The average Bonchev–Trinajstić information content (AvgIpc) is 2.95. The Bertz CT molecular complexity index is 1400. The summed E-state index contributed by atoms with van der Waals surface area (Å²) in [6.07, 6.45) is 3.58. The van der Waals surface area contributed by atoms with Crippen LogP contribution in [-0.2, 0) is 0 Å². The highest BCUT2D eigenvalue weighted by molar-refractivity contribution is 6.07. The fourth-order valence-corrected chi connectivity index (χ4v) is 4.05. The predicted molar refractivity (Wildman–Crippen MR) is 150 cm³/mol. The zero-order valence-corrected chi connectivity index (χ0v) is 21.8. The number of benzene rings is 3. The van der Waals surface area contributed by atoms with Crippen LogP contribution in [0.3, 0.4) is 0 Å². The van der Waals surface area contributed by atoms with Crippen molar-refractivity contribution in [2.24, 2.45) is 5.10 Å². The quantitative estimate of drug-likeness (QED) is 0.190. The number of fused-ring (bicyclic) bond motifs is 1. The molecule has 0 aliphatic rings. The summed E-state index contributed by atoms with van der Waals surface area (Å²) in [4.78, 5) is 18.0. The summed E-state index contributed by atoms with van der Waals surface area (Å²) >= 11 is 0. The van der Waals surface area contributed by atoms with E-state index in [9.17, 15) is 4.79 Å². The third-order valence-electron chi connectivity index (χ3n) is 6.38. The summed E-state index contributed by atoms with van der Waals surface area (Å²) in [5.74, 6) is 1.49. The van der Waals surface area contributed by atoms with E-state index in [4.69, 9.17) is 14.5 Å². The third kappa shape index (κ3) is 6.15. The fraction of sp³-hybridized carbons (Fsp3) is 0.258. The van der Waals surface area contributed by atoms with Crippen LogP contribution < -0.4 is 14.9 Å². The number of carbonyl (C=O) groups is 1. The molecule has 0 fully saturated rings. The van der Waals surface area contributed by atoms with Gasteiger partial charge in [-0.15, -0.1) is 0 Å². The highest BCUT2D eigenvalue weighted by Gasteiger charge is 2.14. The van der Waals surface area contributed by atoms with E-state index in [1.165, 1.54) is 5.56 Å². The third-order valence-corrected chi connectivity index (χ3v) is 6.38. The van der Waals surface area contributed by atoms with Crippen LogP contribution in [0.15, 0.2) is 77.9 Å². The van der Waals surface area contributed by atoms with Gasteiger partial charge in [-0.05, 0) is 60.2 Å². The second kappa shape index (κ2) is 12.2. The van der Waals surface area contributed by atoms with E-state index in [1.54, 1.807) is 13.3 Å². The lowest BCUT2D eigenvalue weighted by Crippen LogP contribution is -2.18. The fourth-order valence-electron chi connectivity index (χ4n) is 4.05. The Morgan fingerprint density at radius 2 is 1.81 bits per heavy atom. The summed E-state index contributed by atoms with van der Waals surface area (Å²) in [5.41, 5.74) is 7.73. The molecule has 0 spiro atoms. The number of hydrogen-bond acceptors (Lipinski definition) is 5. The Hall–Kier alpha value is -4.19. The van der Waals surface area contributed by atoms with Crippen LogP contribution in [-0.4, -0.2) is 30.8 Å². The predicted octanol–water partition coefficient (Wildman–Crippen LogP) is 6.98. The van der Waals surface area contributed by atoms with Crippen LogP contribution in [0.1, 0.15) is 61.0 Å². The molecule has 1 heterocycles. The van der Waals surface area contributed by atoms with Crippen LogP contribution in [0.2, 0.25) is 0 Å². The number of amides is 1. The molecule has 3 aromatic carbocycles. The van der Waals surface area contributed by atoms with Crippen molar-refractivity contribution in [1.82, 2.24) is 10.4 Å². The summed E-state index contributed by atoms with van der Waals surface area (Å²) in [6.45, 7) is 7.07. The van der Waals surface area contributed by atoms with Crippen molar-refractivity contribution in [1.29, 1.82) is 0 Å². The van der Waals surface area contributed by atoms with Crippen molar-refractivity contribution in [3.05, 3.63) is 89.5 Å². The van der Waals surface area contributed by atoms with E-state index in [2.05, 4.69) is 55.6 Å². The monoisotopic (exact) mass is 495 g/mol. The Balaban J connectivity index is 1.58. The highest BCUT2D eigenvalue weighted by atomic mass is 16.5. The molecular formula is C31H33N3O3.